The second-order valence-corrected chi connectivity index (χ2v) is 5.05. The van der Waals surface area contributed by atoms with E-state index < -0.39 is 5.97 Å². The molecule has 0 bridgehead atoms. The molecule has 19 heavy (non-hydrogen) atoms. The monoisotopic (exact) mass is 281 g/mol. The van der Waals surface area contributed by atoms with E-state index in [2.05, 4.69) is 10.2 Å². The van der Waals surface area contributed by atoms with Crippen LogP contribution >= 0.6 is 11.6 Å². The molecule has 3 heterocycles. The molecule has 0 saturated carbocycles. The van der Waals surface area contributed by atoms with Gasteiger partial charge in [-0.15, -0.1) is 10.2 Å². The van der Waals surface area contributed by atoms with Crippen LogP contribution < -0.4 is 0 Å². The number of carboxylic acids is 1. The molecule has 0 amide bonds. The van der Waals surface area contributed by atoms with Crippen molar-refractivity contribution in [2.24, 2.45) is 0 Å². The number of hydrogen-bond donors (Lipinski definition) is 1. The molecular formula is C12H12ClN3O3. The first-order chi connectivity index (χ1) is 9.06. The molecule has 1 fully saturated rings. The van der Waals surface area contributed by atoms with E-state index in [1.54, 1.807) is 4.40 Å². The first-order valence-electron chi connectivity index (χ1n) is 5.99. The Bertz CT molecular complexity index is 655. The number of hydrogen-bond acceptors (Lipinski definition) is 4. The predicted octanol–water partition coefficient (Wildman–Crippen LogP) is 2.32. The van der Waals surface area contributed by atoms with Crippen LogP contribution in [0.15, 0.2) is 12.3 Å². The average Bonchev–Trinajstić information content (AvgIpc) is 2.94. The lowest BCUT2D eigenvalue weighted by atomic mass is 10.2. The normalized spacial score (nSPS) is 23.1. The summed E-state index contributed by atoms with van der Waals surface area (Å²) in [4.78, 5) is 11.1. The minimum absolute atomic E-state index is 0.101. The van der Waals surface area contributed by atoms with E-state index in [-0.39, 0.29) is 22.8 Å². The number of carbonyl (C=O) groups is 1. The Hall–Kier alpha value is -1.66. The lowest BCUT2D eigenvalue weighted by molar-refractivity contribution is 0.0496. The Morgan fingerprint density at radius 3 is 2.95 bits per heavy atom. The van der Waals surface area contributed by atoms with Gasteiger partial charge in [-0.05, 0) is 25.8 Å². The highest BCUT2D eigenvalue weighted by Gasteiger charge is 2.28. The molecular weight excluding hydrogens is 270 g/mol. The summed E-state index contributed by atoms with van der Waals surface area (Å²) in [5.41, 5.74) is 0.550. The fourth-order valence-corrected chi connectivity index (χ4v) is 2.55. The summed E-state index contributed by atoms with van der Waals surface area (Å²) >= 11 is 6.03. The van der Waals surface area contributed by atoms with Gasteiger partial charge in [0.2, 0.25) is 0 Å². The van der Waals surface area contributed by atoms with Crippen LogP contribution in [-0.2, 0) is 4.74 Å². The average molecular weight is 282 g/mol. The maximum atomic E-state index is 11.1. The van der Waals surface area contributed by atoms with Crippen molar-refractivity contribution in [3.8, 4) is 0 Å². The van der Waals surface area contributed by atoms with Gasteiger partial charge in [0.1, 0.15) is 6.10 Å². The molecule has 7 heteroatoms. The third kappa shape index (κ3) is 2.06. The predicted molar refractivity (Wildman–Crippen MR) is 67.5 cm³/mol. The summed E-state index contributed by atoms with van der Waals surface area (Å²) in [5, 5.41) is 17.4. The van der Waals surface area contributed by atoms with E-state index in [0.29, 0.717) is 11.5 Å². The van der Waals surface area contributed by atoms with Crippen molar-refractivity contribution in [3.63, 3.8) is 0 Å². The minimum atomic E-state index is -1.04. The van der Waals surface area contributed by atoms with Gasteiger partial charge in [0.05, 0.1) is 16.7 Å². The minimum Gasteiger partial charge on any atom is -0.478 e. The Kier molecular flexibility index (Phi) is 2.91. The second kappa shape index (κ2) is 4.47. The number of ether oxygens (including phenoxy) is 1. The van der Waals surface area contributed by atoms with Crippen molar-refractivity contribution in [3.05, 3.63) is 28.7 Å². The maximum absolute atomic E-state index is 11.1. The third-order valence-electron chi connectivity index (χ3n) is 3.25. The summed E-state index contributed by atoms with van der Waals surface area (Å²) in [6.07, 6.45) is 3.29. The van der Waals surface area contributed by atoms with Crippen LogP contribution in [0.4, 0.5) is 0 Å². The number of aromatic nitrogens is 3. The van der Waals surface area contributed by atoms with Crippen molar-refractivity contribution < 1.29 is 14.6 Å². The molecule has 6 nitrogen and oxygen atoms in total. The molecule has 0 radical (unpaired) electrons. The van der Waals surface area contributed by atoms with E-state index in [9.17, 15) is 4.79 Å². The van der Waals surface area contributed by atoms with E-state index in [1.807, 2.05) is 6.92 Å². The zero-order valence-electron chi connectivity index (χ0n) is 10.2. The van der Waals surface area contributed by atoms with Gasteiger partial charge in [-0.3, -0.25) is 4.40 Å². The molecule has 1 saturated heterocycles. The maximum Gasteiger partial charge on any atom is 0.337 e. The fraction of sp³-hybridized carbons (Fsp3) is 0.417. The second-order valence-electron chi connectivity index (χ2n) is 4.65. The molecule has 1 aliphatic rings. The van der Waals surface area contributed by atoms with Gasteiger partial charge in [-0.25, -0.2) is 4.79 Å². The Morgan fingerprint density at radius 2 is 2.32 bits per heavy atom. The lowest BCUT2D eigenvalue weighted by Crippen LogP contribution is -2.07. The van der Waals surface area contributed by atoms with Crippen LogP contribution in [0.3, 0.4) is 0 Å². The SMILES string of the molecule is CC1CCC(c2nnc3c(Cl)cc(C(=O)O)cn23)O1. The zero-order chi connectivity index (χ0) is 13.6. The molecule has 2 aromatic rings. The number of fused-ring (bicyclic) bond motifs is 1. The topological polar surface area (TPSA) is 76.7 Å². The summed E-state index contributed by atoms with van der Waals surface area (Å²) in [6, 6.07) is 1.37. The zero-order valence-corrected chi connectivity index (χ0v) is 11.0. The van der Waals surface area contributed by atoms with Gasteiger partial charge in [0.25, 0.3) is 0 Å². The summed E-state index contributed by atoms with van der Waals surface area (Å²) < 4.78 is 7.35. The fourth-order valence-electron chi connectivity index (χ4n) is 2.30. The van der Waals surface area contributed by atoms with E-state index in [0.717, 1.165) is 12.8 Å². The van der Waals surface area contributed by atoms with Crippen LogP contribution in [0.1, 0.15) is 42.1 Å². The lowest BCUT2D eigenvalue weighted by Gasteiger charge is -2.09. The highest BCUT2D eigenvalue weighted by Crippen LogP contribution is 2.32. The van der Waals surface area contributed by atoms with Crippen LogP contribution in [-0.4, -0.2) is 31.8 Å². The third-order valence-corrected chi connectivity index (χ3v) is 3.53. The highest BCUT2D eigenvalue weighted by atomic mass is 35.5. The molecule has 2 atom stereocenters. The molecule has 1 N–H and O–H groups in total. The van der Waals surface area contributed by atoms with Crippen molar-refractivity contribution in [1.29, 1.82) is 0 Å². The summed E-state index contributed by atoms with van der Waals surface area (Å²) in [5.74, 6) is -0.437. The molecule has 0 aliphatic carbocycles. The van der Waals surface area contributed by atoms with Crippen LogP contribution in [0.2, 0.25) is 5.02 Å². The molecule has 100 valence electrons. The van der Waals surface area contributed by atoms with Crippen LogP contribution in [0.25, 0.3) is 5.65 Å². The Morgan fingerprint density at radius 1 is 1.53 bits per heavy atom. The molecule has 0 aromatic carbocycles. The van der Waals surface area contributed by atoms with Crippen LogP contribution in [0.5, 0.6) is 0 Å². The van der Waals surface area contributed by atoms with Crippen LogP contribution in [0, 0.1) is 0 Å². The molecule has 2 unspecified atom stereocenters. The Balaban J connectivity index is 2.13. The molecule has 1 aliphatic heterocycles. The molecule has 0 spiro atoms. The summed E-state index contributed by atoms with van der Waals surface area (Å²) in [6.45, 7) is 2.00. The van der Waals surface area contributed by atoms with E-state index in [4.69, 9.17) is 21.4 Å². The van der Waals surface area contributed by atoms with Crippen molar-refractivity contribution in [1.82, 2.24) is 14.6 Å². The number of pyridine rings is 1. The van der Waals surface area contributed by atoms with Crippen molar-refractivity contribution >= 4 is 23.2 Å². The standard InChI is InChI=1S/C12H12ClN3O3/c1-6-2-3-9(19-6)11-15-14-10-8(13)4-7(12(17)18)5-16(10)11/h4-6,9H,2-3H2,1H3,(H,17,18). The number of carboxylic acid groups (broad SMARTS) is 1. The number of nitrogens with zero attached hydrogens (tertiary/aromatic N) is 3. The molecule has 2 aromatic heterocycles. The smallest absolute Gasteiger partial charge is 0.337 e. The number of halogens is 1. The summed E-state index contributed by atoms with van der Waals surface area (Å²) in [7, 11) is 0. The first kappa shape index (κ1) is 12.4. The number of rotatable bonds is 2. The van der Waals surface area contributed by atoms with Gasteiger partial charge < -0.3 is 9.84 Å². The largest absolute Gasteiger partial charge is 0.478 e. The van der Waals surface area contributed by atoms with Crippen molar-refractivity contribution in [2.75, 3.05) is 0 Å². The Labute approximate surface area is 114 Å². The van der Waals surface area contributed by atoms with E-state index >= 15 is 0 Å². The van der Waals surface area contributed by atoms with Gasteiger partial charge in [-0.2, -0.15) is 0 Å². The van der Waals surface area contributed by atoms with Gasteiger partial charge >= 0.3 is 5.97 Å². The van der Waals surface area contributed by atoms with Gasteiger partial charge in [0, 0.05) is 6.20 Å². The van der Waals surface area contributed by atoms with Gasteiger partial charge in [0.15, 0.2) is 11.5 Å². The van der Waals surface area contributed by atoms with E-state index in [1.165, 1.54) is 12.3 Å². The van der Waals surface area contributed by atoms with Gasteiger partial charge in [-0.1, -0.05) is 11.6 Å². The highest BCUT2D eigenvalue weighted by molar-refractivity contribution is 6.33. The first-order valence-corrected chi connectivity index (χ1v) is 6.37. The molecule has 3 rings (SSSR count). The van der Waals surface area contributed by atoms with Crippen molar-refractivity contribution in [2.45, 2.75) is 32.0 Å². The number of aromatic carboxylic acids is 1. The quantitative estimate of drug-likeness (QED) is 0.914.